The molecule has 5 nitrogen and oxygen atoms in total. The molecule has 1 unspecified atom stereocenters. The summed E-state index contributed by atoms with van der Waals surface area (Å²) in [5.41, 5.74) is 2.38. The molecule has 0 aliphatic carbocycles. The van der Waals surface area contributed by atoms with Crippen LogP contribution < -0.4 is 0 Å². The van der Waals surface area contributed by atoms with Gasteiger partial charge in [0.1, 0.15) is 5.57 Å². The van der Waals surface area contributed by atoms with Gasteiger partial charge in [0.2, 0.25) is 0 Å². The molecule has 4 rings (SSSR count). The minimum absolute atomic E-state index is 0.0244. The highest BCUT2D eigenvalue weighted by molar-refractivity contribution is 6.20. The van der Waals surface area contributed by atoms with E-state index in [1.165, 1.54) is 0 Å². The molecule has 5 heteroatoms. The first-order valence-electron chi connectivity index (χ1n) is 8.39. The van der Waals surface area contributed by atoms with Crippen molar-refractivity contribution in [1.82, 2.24) is 4.98 Å². The lowest BCUT2D eigenvalue weighted by Gasteiger charge is -2.09. The van der Waals surface area contributed by atoms with Crippen LogP contribution in [0.1, 0.15) is 11.1 Å². The fourth-order valence-electron chi connectivity index (χ4n) is 3.27. The molecule has 0 spiro atoms. The van der Waals surface area contributed by atoms with Crippen LogP contribution in [0.25, 0.3) is 10.9 Å². The molecule has 26 heavy (non-hydrogen) atoms. The van der Waals surface area contributed by atoms with Crippen molar-refractivity contribution in [3.8, 4) is 0 Å². The number of hydrogen-bond acceptors (Lipinski definition) is 4. The van der Waals surface area contributed by atoms with Gasteiger partial charge < -0.3 is 14.8 Å². The zero-order valence-electron chi connectivity index (χ0n) is 13.9. The molecule has 3 aromatic rings. The molecule has 2 aromatic carbocycles. The number of aromatic nitrogens is 1. The Bertz CT molecular complexity index is 1020. The van der Waals surface area contributed by atoms with Gasteiger partial charge in [-0.25, -0.2) is 4.79 Å². The smallest absolute Gasteiger partial charge is 0.346 e. The molecule has 1 aliphatic rings. The molecule has 130 valence electrons. The number of hydrogen-bond donors (Lipinski definition) is 2. The summed E-state index contributed by atoms with van der Waals surface area (Å²) < 4.78 is 5.23. The van der Waals surface area contributed by atoms with E-state index in [1.807, 2.05) is 54.6 Å². The lowest BCUT2D eigenvalue weighted by atomic mass is 10.00. The predicted octanol–water partition coefficient (Wildman–Crippen LogP) is 3.26. The van der Waals surface area contributed by atoms with E-state index in [0.29, 0.717) is 6.42 Å². The van der Waals surface area contributed by atoms with Crippen molar-refractivity contribution >= 4 is 22.7 Å². The molecule has 1 atom stereocenters. The molecule has 0 saturated heterocycles. The molecular weight excluding hydrogens is 330 g/mol. The first-order chi connectivity index (χ1) is 12.6. The Morgan fingerprint density at radius 1 is 1.08 bits per heavy atom. The summed E-state index contributed by atoms with van der Waals surface area (Å²) >= 11 is 0. The predicted molar refractivity (Wildman–Crippen MR) is 96.7 cm³/mol. The lowest BCUT2D eigenvalue weighted by molar-refractivity contribution is -0.141. The van der Waals surface area contributed by atoms with E-state index in [9.17, 15) is 14.7 Å². The van der Waals surface area contributed by atoms with Gasteiger partial charge >= 0.3 is 5.97 Å². The third-order valence-corrected chi connectivity index (χ3v) is 4.58. The highest BCUT2D eigenvalue weighted by Crippen LogP contribution is 2.27. The number of para-hydroxylation sites is 1. The number of aromatic amines is 1. The maximum absolute atomic E-state index is 12.6. The SMILES string of the molecule is O=C(Cc1c[nH]c2ccccc12)C1=C(O)C(Cc2ccccc2)OC1=O. The number of ketones is 1. The number of benzene rings is 2. The Labute approximate surface area is 149 Å². The van der Waals surface area contributed by atoms with Crippen molar-refractivity contribution in [2.24, 2.45) is 0 Å². The Kier molecular flexibility index (Phi) is 4.05. The lowest BCUT2D eigenvalue weighted by Crippen LogP contribution is -2.15. The van der Waals surface area contributed by atoms with E-state index in [1.54, 1.807) is 6.20 Å². The normalized spacial score (nSPS) is 16.9. The van der Waals surface area contributed by atoms with Crippen LogP contribution in [-0.2, 0) is 27.2 Å². The van der Waals surface area contributed by atoms with Gasteiger partial charge in [-0.1, -0.05) is 48.5 Å². The van der Waals surface area contributed by atoms with Gasteiger partial charge in [0, 0.05) is 29.9 Å². The quantitative estimate of drug-likeness (QED) is 0.548. The minimum atomic E-state index is -0.813. The van der Waals surface area contributed by atoms with Gasteiger partial charge in [-0.2, -0.15) is 0 Å². The standard InChI is InChI=1S/C21H17NO4/c23-17(11-14-12-22-16-9-5-4-8-15(14)16)19-20(24)18(26-21(19)25)10-13-6-2-1-3-7-13/h1-9,12,18,22,24H,10-11H2. The summed E-state index contributed by atoms with van der Waals surface area (Å²) in [5, 5.41) is 11.3. The molecule has 2 N–H and O–H groups in total. The minimum Gasteiger partial charge on any atom is -0.507 e. The van der Waals surface area contributed by atoms with Crippen LogP contribution in [0.2, 0.25) is 0 Å². The average molecular weight is 347 g/mol. The Balaban J connectivity index is 1.57. The van der Waals surface area contributed by atoms with Gasteiger partial charge in [-0.05, 0) is 17.2 Å². The summed E-state index contributed by atoms with van der Waals surface area (Å²) in [4.78, 5) is 27.9. The fourth-order valence-corrected chi connectivity index (χ4v) is 3.27. The maximum Gasteiger partial charge on any atom is 0.346 e. The number of Topliss-reactive ketones (excluding diaryl/α,β-unsaturated/α-hetero) is 1. The highest BCUT2D eigenvalue weighted by Gasteiger charge is 2.38. The van der Waals surface area contributed by atoms with Crippen molar-refractivity contribution in [1.29, 1.82) is 0 Å². The Hall–Kier alpha value is -3.34. The monoisotopic (exact) mass is 347 g/mol. The van der Waals surface area contributed by atoms with E-state index < -0.39 is 17.9 Å². The number of fused-ring (bicyclic) bond motifs is 1. The number of carbonyl (C=O) groups is 2. The van der Waals surface area contributed by atoms with E-state index in [0.717, 1.165) is 22.0 Å². The molecule has 1 aromatic heterocycles. The zero-order valence-corrected chi connectivity index (χ0v) is 13.9. The zero-order chi connectivity index (χ0) is 18.1. The van der Waals surface area contributed by atoms with Crippen LogP contribution in [0, 0.1) is 0 Å². The summed E-state index contributed by atoms with van der Waals surface area (Å²) in [5.74, 6) is -1.47. The first kappa shape index (κ1) is 16.1. The van der Waals surface area contributed by atoms with Crippen molar-refractivity contribution in [2.75, 3.05) is 0 Å². The second-order valence-electron chi connectivity index (χ2n) is 6.30. The van der Waals surface area contributed by atoms with Crippen LogP contribution in [0.3, 0.4) is 0 Å². The first-order valence-corrected chi connectivity index (χ1v) is 8.39. The van der Waals surface area contributed by atoms with Crippen LogP contribution in [0.15, 0.2) is 72.1 Å². The molecule has 0 saturated carbocycles. The topological polar surface area (TPSA) is 79.4 Å². The number of aliphatic hydroxyl groups is 1. The van der Waals surface area contributed by atoms with E-state index in [-0.39, 0.29) is 17.8 Å². The number of ether oxygens (including phenoxy) is 1. The average Bonchev–Trinajstić information content (AvgIpc) is 3.17. The number of aliphatic hydroxyl groups excluding tert-OH is 1. The van der Waals surface area contributed by atoms with Gasteiger partial charge in [-0.15, -0.1) is 0 Å². The molecule has 0 fully saturated rings. The molecule has 1 aliphatic heterocycles. The highest BCUT2D eigenvalue weighted by atomic mass is 16.6. The Morgan fingerprint density at radius 3 is 2.62 bits per heavy atom. The van der Waals surface area contributed by atoms with Gasteiger partial charge in [0.15, 0.2) is 17.6 Å². The summed E-state index contributed by atoms with van der Waals surface area (Å²) in [6, 6.07) is 17.0. The molecule has 0 bridgehead atoms. The number of cyclic esters (lactones) is 1. The number of nitrogens with one attached hydrogen (secondary N) is 1. The fraction of sp³-hybridized carbons (Fsp3) is 0.143. The van der Waals surface area contributed by atoms with Crippen molar-refractivity contribution in [3.63, 3.8) is 0 Å². The molecule has 0 amide bonds. The summed E-state index contributed by atoms with van der Waals surface area (Å²) in [6.45, 7) is 0. The third kappa shape index (κ3) is 2.88. The van der Waals surface area contributed by atoms with E-state index >= 15 is 0 Å². The summed E-state index contributed by atoms with van der Waals surface area (Å²) in [7, 11) is 0. The van der Waals surface area contributed by atoms with Crippen molar-refractivity contribution in [2.45, 2.75) is 18.9 Å². The third-order valence-electron chi connectivity index (χ3n) is 4.58. The van der Waals surface area contributed by atoms with Crippen LogP contribution in [0.5, 0.6) is 0 Å². The number of esters is 1. The van der Waals surface area contributed by atoms with Crippen LogP contribution in [-0.4, -0.2) is 27.9 Å². The second-order valence-corrected chi connectivity index (χ2v) is 6.30. The maximum atomic E-state index is 12.6. The Morgan fingerprint density at radius 2 is 1.81 bits per heavy atom. The van der Waals surface area contributed by atoms with E-state index in [4.69, 9.17) is 4.74 Å². The second kappa shape index (κ2) is 6.52. The molecule has 2 heterocycles. The van der Waals surface area contributed by atoms with Gasteiger partial charge in [0.05, 0.1) is 0 Å². The van der Waals surface area contributed by atoms with Gasteiger partial charge in [0.25, 0.3) is 0 Å². The number of carbonyl (C=O) groups excluding carboxylic acids is 2. The number of rotatable bonds is 5. The largest absolute Gasteiger partial charge is 0.507 e. The summed E-state index contributed by atoms with van der Waals surface area (Å²) in [6.07, 6.45) is 1.30. The van der Waals surface area contributed by atoms with Crippen LogP contribution in [0.4, 0.5) is 0 Å². The van der Waals surface area contributed by atoms with Crippen molar-refractivity contribution < 1.29 is 19.4 Å². The van der Waals surface area contributed by atoms with Crippen molar-refractivity contribution in [3.05, 3.63) is 83.3 Å². The molecule has 0 radical (unpaired) electrons. The van der Waals surface area contributed by atoms with Gasteiger partial charge in [-0.3, -0.25) is 4.79 Å². The van der Waals surface area contributed by atoms with E-state index in [2.05, 4.69) is 4.98 Å². The number of H-pyrrole nitrogens is 1. The molecular formula is C21H17NO4. The van der Waals surface area contributed by atoms with Crippen LogP contribution >= 0.6 is 0 Å².